The number of aromatic nitrogens is 3. The number of pyridine rings is 1. The normalized spacial score (nSPS) is 12.4. The van der Waals surface area contributed by atoms with Crippen molar-refractivity contribution in [3.05, 3.63) is 41.7 Å². The van der Waals surface area contributed by atoms with Gasteiger partial charge in [-0.2, -0.15) is 5.10 Å². The number of aliphatic hydroxyl groups excluding tert-OH is 2. The van der Waals surface area contributed by atoms with Crippen molar-refractivity contribution < 1.29 is 15.0 Å². The Hall–Kier alpha value is -2.81. The van der Waals surface area contributed by atoms with Gasteiger partial charge in [-0.05, 0) is 18.2 Å². The average molecular weight is 367 g/mol. The zero-order valence-electron chi connectivity index (χ0n) is 14.8. The van der Waals surface area contributed by atoms with Crippen LogP contribution in [-0.4, -0.2) is 63.6 Å². The summed E-state index contributed by atoms with van der Waals surface area (Å²) in [7, 11) is 0. The Labute approximate surface area is 155 Å². The molecule has 140 valence electrons. The van der Waals surface area contributed by atoms with Crippen LogP contribution < -0.4 is 10.6 Å². The summed E-state index contributed by atoms with van der Waals surface area (Å²) in [6, 6.07) is 5.52. The molecule has 0 radical (unpaired) electrons. The number of hydrogen-bond donors (Lipinski definition) is 4. The molecule has 0 fully saturated rings. The predicted octanol–water partition coefficient (Wildman–Crippen LogP) is 0.629. The summed E-state index contributed by atoms with van der Waals surface area (Å²) in [5.74, 6) is -0.0658. The van der Waals surface area contributed by atoms with Crippen molar-refractivity contribution in [1.82, 2.24) is 20.1 Å². The summed E-state index contributed by atoms with van der Waals surface area (Å²) in [6.07, 6.45) is 3.29. The van der Waals surface area contributed by atoms with Gasteiger partial charge in [-0.15, -0.1) is 0 Å². The van der Waals surface area contributed by atoms with Crippen LogP contribution in [0.3, 0.4) is 0 Å². The van der Waals surface area contributed by atoms with Crippen molar-refractivity contribution in [3.8, 4) is 11.3 Å². The van der Waals surface area contributed by atoms with Gasteiger partial charge in [-0.3, -0.25) is 14.5 Å². The third-order valence-electron chi connectivity index (χ3n) is 4.68. The molecule has 8 nitrogen and oxygen atoms in total. The molecule has 2 heterocycles. The van der Waals surface area contributed by atoms with E-state index in [2.05, 4.69) is 15.6 Å². The molecule has 0 amide bonds. The summed E-state index contributed by atoms with van der Waals surface area (Å²) >= 11 is 0. The molecule has 0 bridgehead atoms. The quantitative estimate of drug-likeness (QED) is 0.338. The van der Waals surface area contributed by atoms with Crippen molar-refractivity contribution in [2.45, 2.75) is 6.54 Å². The Morgan fingerprint density at radius 3 is 2.70 bits per heavy atom. The molecular weight excluding hydrogens is 346 g/mol. The van der Waals surface area contributed by atoms with E-state index in [1.54, 1.807) is 18.5 Å². The van der Waals surface area contributed by atoms with Crippen molar-refractivity contribution in [2.75, 3.05) is 38.2 Å². The molecule has 27 heavy (non-hydrogen) atoms. The molecule has 4 rings (SSSR count). The van der Waals surface area contributed by atoms with Gasteiger partial charge in [0.2, 0.25) is 0 Å². The topological polar surface area (TPSA) is 112 Å². The number of fused-ring (bicyclic) bond motifs is 2. The molecule has 1 aliphatic carbocycles. The fourth-order valence-electron chi connectivity index (χ4n) is 3.51. The van der Waals surface area contributed by atoms with Gasteiger partial charge < -0.3 is 20.8 Å². The number of carbonyl (C=O) groups is 1. The Balaban J connectivity index is 1.86. The van der Waals surface area contributed by atoms with Crippen molar-refractivity contribution in [3.63, 3.8) is 0 Å². The molecule has 0 unspecified atom stereocenters. The van der Waals surface area contributed by atoms with Gasteiger partial charge in [0.15, 0.2) is 5.78 Å². The molecule has 0 saturated carbocycles. The second kappa shape index (κ2) is 7.43. The van der Waals surface area contributed by atoms with E-state index in [9.17, 15) is 4.79 Å². The molecule has 1 aliphatic rings. The van der Waals surface area contributed by atoms with Crippen molar-refractivity contribution in [1.29, 1.82) is 0 Å². The predicted molar refractivity (Wildman–Crippen MR) is 102 cm³/mol. The van der Waals surface area contributed by atoms with E-state index in [0.717, 1.165) is 22.2 Å². The minimum atomic E-state index is -0.0658. The molecule has 4 N–H and O–H groups in total. The third kappa shape index (κ3) is 2.97. The summed E-state index contributed by atoms with van der Waals surface area (Å²) < 4.78 is 1.88. The lowest BCUT2D eigenvalue weighted by Gasteiger charge is -2.18. The number of hydrogen-bond acceptors (Lipinski definition) is 7. The van der Waals surface area contributed by atoms with Crippen LogP contribution >= 0.6 is 0 Å². The van der Waals surface area contributed by atoms with E-state index >= 15 is 0 Å². The Morgan fingerprint density at radius 1 is 1.04 bits per heavy atom. The molecule has 0 atom stereocenters. The number of nitrogens with zero attached hydrogens (tertiary/aromatic N) is 3. The number of anilines is 1. The first-order valence-corrected chi connectivity index (χ1v) is 8.95. The maximum Gasteiger partial charge on any atom is 0.196 e. The van der Waals surface area contributed by atoms with Crippen LogP contribution in [0.4, 0.5) is 5.69 Å². The molecule has 2 aromatic heterocycles. The van der Waals surface area contributed by atoms with Gasteiger partial charge >= 0.3 is 0 Å². The number of carbonyl (C=O) groups excluding carboxylic acids is 1. The highest BCUT2D eigenvalue weighted by atomic mass is 16.3. The second-order valence-corrected chi connectivity index (χ2v) is 6.33. The average Bonchev–Trinajstić information content (AvgIpc) is 3.07. The van der Waals surface area contributed by atoms with Crippen LogP contribution in [0.15, 0.2) is 30.6 Å². The minimum Gasteiger partial charge on any atom is -0.395 e. The fraction of sp³-hybridized carbons (Fsp3) is 0.316. The lowest BCUT2D eigenvalue weighted by molar-refractivity contribution is 0.104. The van der Waals surface area contributed by atoms with Crippen molar-refractivity contribution in [2.24, 2.45) is 0 Å². The second-order valence-electron chi connectivity index (χ2n) is 6.33. The lowest BCUT2D eigenvalue weighted by Crippen LogP contribution is -2.23. The lowest BCUT2D eigenvalue weighted by atomic mass is 9.87. The standard InChI is InChI=1S/C19H21N5O3/c25-9-6-20-5-8-24-15-2-1-14(22-7-10-26)16-17(15)18(23-24)13-11-21-4-3-12(13)19(16)27/h1-4,11,20,22,25-26H,5-10H2. The minimum absolute atomic E-state index is 0.0190. The molecule has 0 saturated heterocycles. The highest BCUT2D eigenvalue weighted by Crippen LogP contribution is 2.41. The number of nitrogens with one attached hydrogen (secondary N) is 2. The fourth-order valence-corrected chi connectivity index (χ4v) is 3.51. The number of rotatable bonds is 8. The maximum absolute atomic E-state index is 13.2. The smallest absolute Gasteiger partial charge is 0.196 e. The van der Waals surface area contributed by atoms with E-state index in [1.165, 1.54) is 0 Å². The highest BCUT2D eigenvalue weighted by molar-refractivity contribution is 6.27. The largest absolute Gasteiger partial charge is 0.395 e. The Kier molecular flexibility index (Phi) is 4.85. The monoisotopic (exact) mass is 367 g/mol. The Morgan fingerprint density at radius 2 is 1.89 bits per heavy atom. The van der Waals surface area contributed by atoms with Crippen LogP contribution in [0.1, 0.15) is 15.9 Å². The molecule has 3 aromatic rings. The highest BCUT2D eigenvalue weighted by Gasteiger charge is 2.31. The molecule has 0 spiro atoms. The van der Waals surface area contributed by atoms with Gasteiger partial charge in [0.1, 0.15) is 5.69 Å². The third-order valence-corrected chi connectivity index (χ3v) is 4.68. The van der Waals surface area contributed by atoms with Gasteiger partial charge in [-0.25, -0.2) is 0 Å². The zero-order chi connectivity index (χ0) is 18.8. The van der Waals surface area contributed by atoms with E-state index < -0.39 is 0 Å². The summed E-state index contributed by atoms with van der Waals surface area (Å²) in [6.45, 7) is 2.23. The van der Waals surface area contributed by atoms with E-state index in [0.29, 0.717) is 43.0 Å². The molecule has 1 aromatic carbocycles. The van der Waals surface area contributed by atoms with Gasteiger partial charge in [0.25, 0.3) is 0 Å². The van der Waals surface area contributed by atoms with E-state index in [-0.39, 0.29) is 19.0 Å². The number of benzene rings is 1. The van der Waals surface area contributed by atoms with Crippen molar-refractivity contribution >= 4 is 22.4 Å². The SMILES string of the molecule is O=C1c2ccncc2-c2nn(CCNCCO)c3ccc(NCCO)c1c23. The van der Waals surface area contributed by atoms with Gasteiger partial charge in [0.05, 0.1) is 30.8 Å². The summed E-state index contributed by atoms with van der Waals surface area (Å²) in [5, 5.41) is 29.9. The van der Waals surface area contributed by atoms with Gasteiger partial charge in [0, 0.05) is 54.2 Å². The number of ketones is 1. The molecule has 0 aliphatic heterocycles. The summed E-state index contributed by atoms with van der Waals surface area (Å²) in [4.78, 5) is 17.3. The maximum atomic E-state index is 13.2. The van der Waals surface area contributed by atoms with Crippen LogP contribution in [0.25, 0.3) is 22.2 Å². The van der Waals surface area contributed by atoms with Gasteiger partial charge in [-0.1, -0.05) is 0 Å². The molecular formula is C19H21N5O3. The Bertz CT molecular complexity index is 998. The van der Waals surface area contributed by atoms with Crippen LogP contribution in [0.5, 0.6) is 0 Å². The van der Waals surface area contributed by atoms with E-state index in [4.69, 9.17) is 15.3 Å². The van der Waals surface area contributed by atoms with E-state index in [1.807, 2.05) is 16.8 Å². The van der Waals surface area contributed by atoms with Crippen LogP contribution in [0, 0.1) is 0 Å². The summed E-state index contributed by atoms with van der Waals surface area (Å²) in [5.41, 5.74) is 4.23. The first-order valence-electron chi connectivity index (χ1n) is 8.95. The zero-order valence-corrected chi connectivity index (χ0v) is 14.8. The van der Waals surface area contributed by atoms with Crippen LogP contribution in [0.2, 0.25) is 0 Å². The van der Waals surface area contributed by atoms with Crippen LogP contribution in [-0.2, 0) is 6.54 Å². The molecule has 8 heteroatoms. The number of aliphatic hydroxyl groups is 2. The first kappa shape index (κ1) is 17.6. The first-order chi connectivity index (χ1) is 13.3.